The molecule has 0 aromatic carbocycles. The fraction of sp³-hybridized carbons (Fsp3) is 0.636. The van der Waals surface area contributed by atoms with Crippen LogP contribution in [0.25, 0.3) is 0 Å². The molecular weight excluding hydrogens is 290 g/mol. The van der Waals surface area contributed by atoms with E-state index in [0.29, 0.717) is 25.6 Å². The molecule has 1 aromatic heterocycles. The third-order valence-electron chi connectivity index (χ3n) is 3.21. The molecular formula is C11H16ClN3O3S. The van der Waals surface area contributed by atoms with Gasteiger partial charge in [-0.15, -0.1) is 0 Å². The Bertz CT molecular complexity index is 512. The molecule has 106 valence electrons. The van der Waals surface area contributed by atoms with Crippen LogP contribution in [-0.2, 0) is 14.8 Å². The standard InChI is InChI=1S/C11H16ClN3O3S/c1-18-8-9-2-4-15(5-3-9)19(16,17)10-6-13-11(12)14-7-10/h6-7,9H,2-5,8H2,1H3. The Morgan fingerprint density at radius 1 is 1.37 bits per heavy atom. The monoisotopic (exact) mass is 305 g/mol. The maximum Gasteiger partial charge on any atom is 0.246 e. The summed E-state index contributed by atoms with van der Waals surface area (Å²) in [7, 11) is -1.85. The highest BCUT2D eigenvalue weighted by molar-refractivity contribution is 7.89. The molecule has 0 N–H and O–H groups in total. The average Bonchev–Trinajstić information content (AvgIpc) is 2.40. The highest BCUT2D eigenvalue weighted by Gasteiger charge is 2.29. The normalized spacial score (nSPS) is 18.6. The smallest absolute Gasteiger partial charge is 0.246 e. The molecule has 19 heavy (non-hydrogen) atoms. The molecule has 0 radical (unpaired) electrons. The zero-order valence-corrected chi connectivity index (χ0v) is 12.2. The Morgan fingerprint density at radius 2 is 1.95 bits per heavy atom. The summed E-state index contributed by atoms with van der Waals surface area (Å²) < 4.78 is 31.2. The molecule has 1 aromatic rings. The predicted molar refractivity (Wildman–Crippen MR) is 70.4 cm³/mol. The lowest BCUT2D eigenvalue weighted by Gasteiger charge is -2.30. The highest BCUT2D eigenvalue weighted by Crippen LogP contribution is 2.23. The van der Waals surface area contributed by atoms with Crippen LogP contribution < -0.4 is 0 Å². The zero-order valence-electron chi connectivity index (χ0n) is 10.6. The number of rotatable bonds is 4. The quantitative estimate of drug-likeness (QED) is 0.781. The van der Waals surface area contributed by atoms with Crippen LogP contribution in [0.15, 0.2) is 17.3 Å². The lowest BCUT2D eigenvalue weighted by atomic mass is 9.99. The van der Waals surface area contributed by atoms with Gasteiger partial charge in [0.15, 0.2) is 0 Å². The van der Waals surface area contributed by atoms with E-state index < -0.39 is 10.0 Å². The number of aromatic nitrogens is 2. The van der Waals surface area contributed by atoms with Gasteiger partial charge in [-0.05, 0) is 30.4 Å². The molecule has 0 saturated carbocycles. The first-order valence-electron chi connectivity index (χ1n) is 6.00. The summed E-state index contributed by atoms with van der Waals surface area (Å²) in [5.41, 5.74) is 0. The van der Waals surface area contributed by atoms with Crippen molar-refractivity contribution in [2.75, 3.05) is 26.8 Å². The average molecular weight is 306 g/mol. The van der Waals surface area contributed by atoms with Crippen LogP contribution in [-0.4, -0.2) is 49.5 Å². The third kappa shape index (κ3) is 3.42. The number of hydrogen-bond donors (Lipinski definition) is 0. The molecule has 6 nitrogen and oxygen atoms in total. The molecule has 1 aliphatic heterocycles. The Kier molecular flexibility index (Phi) is 4.72. The number of nitrogens with zero attached hydrogens (tertiary/aromatic N) is 3. The first-order chi connectivity index (χ1) is 9.04. The van der Waals surface area contributed by atoms with Crippen molar-refractivity contribution in [2.45, 2.75) is 17.7 Å². The van der Waals surface area contributed by atoms with Gasteiger partial charge in [-0.1, -0.05) is 0 Å². The van der Waals surface area contributed by atoms with Crippen molar-refractivity contribution >= 4 is 21.6 Å². The fourth-order valence-electron chi connectivity index (χ4n) is 2.13. The van der Waals surface area contributed by atoms with Gasteiger partial charge in [-0.25, -0.2) is 18.4 Å². The molecule has 2 heterocycles. The van der Waals surface area contributed by atoms with E-state index in [4.69, 9.17) is 16.3 Å². The summed E-state index contributed by atoms with van der Waals surface area (Å²) in [6.45, 7) is 1.68. The van der Waals surface area contributed by atoms with Gasteiger partial charge in [-0.3, -0.25) is 0 Å². The Balaban J connectivity index is 2.07. The molecule has 0 spiro atoms. The van der Waals surface area contributed by atoms with Gasteiger partial charge in [0.25, 0.3) is 0 Å². The number of sulfonamides is 1. The van der Waals surface area contributed by atoms with Crippen LogP contribution >= 0.6 is 11.6 Å². The number of methoxy groups -OCH3 is 1. The van der Waals surface area contributed by atoms with Gasteiger partial charge in [0.1, 0.15) is 4.90 Å². The topological polar surface area (TPSA) is 72.4 Å². The Hall–Kier alpha value is -0.760. The number of halogens is 1. The summed E-state index contributed by atoms with van der Waals surface area (Å²) in [6.07, 6.45) is 4.10. The van der Waals surface area contributed by atoms with Gasteiger partial charge in [0.05, 0.1) is 12.4 Å². The summed E-state index contributed by atoms with van der Waals surface area (Å²) in [5.74, 6) is 0.429. The maximum atomic E-state index is 12.3. The zero-order chi connectivity index (χ0) is 13.9. The summed E-state index contributed by atoms with van der Waals surface area (Å²) in [4.78, 5) is 7.51. The predicted octanol–water partition coefficient (Wildman–Crippen LogP) is 1.18. The lowest BCUT2D eigenvalue weighted by Crippen LogP contribution is -2.39. The second kappa shape index (κ2) is 6.13. The van der Waals surface area contributed by atoms with Crippen molar-refractivity contribution in [3.63, 3.8) is 0 Å². The van der Waals surface area contributed by atoms with E-state index >= 15 is 0 Å². The fourth-order valence-corrected chi connectivity index (χ4v) is 3.59. The molecule has 0 atom stereocenters. The molecule has 1 aliphatic rings. The molecule has 8 heteroatoms. The van der Waals surface area contributed by atoms with E-state index in [1.54, 1.807) is 7.11 Å². The summed E-state index contributed by atoms with van der Waals surface area (Å²) >= 11 is 5.56. The minimum Gasteiger partial charge on any atom is -0.384 e. The van der Waals surface area contributed by atoms with Gasteiger partial charge in [0, 0.05) is 26.8 Å². The van der Waals surface area contributed by atoms with Gasteiger partial charge in [0.2, 0.25) is 15.3 Å². The molecule has 0 bridgehead atoms. The molecule has 1 fully saturated rings. The van der Waals surface area contributed by atoms with E-state index in [-0.39, 0.29) is 10.2 Å². The summed E-state index contributed by atoms with van der Waals surface area (Å²) in [5, 5.41) is 0.0396. The SMILES string of the molecule is COCC1CCN(S(=O)(=O)c2cnc(Cl)nc2)CC1. The minimum absolute atomic E-state index is 0.0396. The van der Waals surface area contributed by atoms with E-state index in [1.165, 1.54) is 16.7 Å². The molecule has 2 rings (SSSR count). The third-order valence-corrected chi connectivity index (χ3v) is 5.26. The number of piperidine rings is 1. The van der Waals surface area contributed by atoms with Crippen LogP contribution in [0, 0.1) is 5.92 Å². The van der Waals surface area contributed by atoms with E-state index in [1.807, 2.05) is 0 Å². The minimum atomic E-state index is -3.51. The Morgan fingerprint density at radius 3 is 2.47 bits per heavy atom. The number of ether oxygens (including phenoxy) is 1. The molecule has 0 amide bonds. The van der Waals surface area contributed by atoms with E-state index in [2.05, 4.69) is 9.97 Å². The maximum absolute atomic E-state index is 12.3. The van der Waals surface area contributed by atoms with Gasteiger partial charge < -0.3 is 4.74 Å². The first-order valence-corrected chi connectivity index (χ1v) is 7.82. The second-order valence-corrected chi connectivity index (χ2v) is 6.77. The molecule has 0 unspecified atom stereocenters. The van der Waals surface area contributed by atoms with Crippen LogP contribution in [0.4, 0.5) is 0 Å². The number of hydrogen-bond acceptors (Lipinski definition) is 5. The van der Waals surface area contributed by atoms with Crippen LogP contribution in [0.5, 0.6) is 0 Å². The van der Waals surface area contributed by atoms with Crippen LogP contribution in [0.3, 0.4) is 0 Å². The van der Waals surface area contributed by atoms with Gasteiger partial charge in [-0.2, -0.15) is 4.31 Å². The van der Waals surface area contributed by atoms with Crippen LogP contribution in [0.1, 0.15) is 12.8 Å². The van der Waals surface area contributed by atoms with Crippen LogP contribution in [0.2, 0.25) is 5.28 Å². The van der Waals surface area contributed by atoms with Crippen molar-refractivity contribution < 1.29 is 13.2 Å². The van der Waals surface area contributed by atoms with E-state index in [0.717, 1.165) is 12.8 Å². The highest BCUT2D eigenvalue weighted by atomic mass is 35.5. The van der Waals surface area contributed by atoms with Crippen molar-refractivity contribution in [3.05, 3.63) is 17.7 Å². The molecule has 1 saturated heterocycles. The Labute approximate surface area is 117 Å². The molecule has 0 aliphatic carbocycles. The van der Waals surface area contributed by atoms with Crippen molar-refractivity contribution in [1.82, 2.24) is 14.3 Å². The largest absolute Gasteiger partial charge is 0.384 e. The second-order valence-electron chi connectivity index (χ2n) is 4.49. The van der Waals surface area contributed by atoms with Crippen molar-refractivity contribution in [3.8, 4) is 0 Å². The van der Waals surface area contributed by atoms with Gasteiger partial charge >= 0.3 is 0 Å². The van der Waals surface area contributed by atoms with Crippen molar-refractivity contribution in [2.24, 2.45) is 5.92 Å². The summed E-state index contributed by atoms with van der Waals surface area (Å²) in [6, 6.07) is 0. The van der Waals surface area contributed by atoms with Crippen molar-refractivity contribution in [1.29, 1.82) is 0 Å². The first kappa shape index (κ1) is 14.6. The van der Waals surface area contributed by atoms with E-state index in [9.17, 15) is 8.42 Å². The lowest BCUT2D eigenvalue weighted by molar-refractivity contribution is 0.121.